The van der Waals surface area contributed by atoms with Gasteiger partial charge in [-0.25, -0.2) is 0 Å². The van der Waals surface area contributed by atoms with E-state index in [0.29, 0.717) is 6.61 Å². The lowest BCUT2D eigenvalue weighted by molar-refractivity contribution is -0.145. The number of benzene rings is 2. The first-order valence-corrected chi connectivity index (χ1v) is 9.47. The molecule has 1 N–H and O–H groups in total. The summed E-state index contributed by atoms with van der Waals surface area (Å²) >= 11 is 0. The van der Waals surface area contributed by atoms with E-state index in [2.05, 4.69) is 5.32 Å². The molecule has 3 fully saturated rings. The highest BCUT2D eigenvalue weighted by atomic mass is 16.6. The number of esters is 1. The standard InChI is InChI=1S/C22H21NO4/c24-21(19-14-10-17-18(11-14)27-22(25)20(17)19)23-15-6-8-16(9-7-15)26-12-13-4-2-1-3-5-13/h1-9,14,17-20H,10-12H2,(H,23,24)/t14-,17+,18-,19-,20-/m1/s1. The molecule has 2 aromatic carbocycles. The van der Waals surface area contributed by atoms with Crippen LogP contribution < -0.4 is 10.1 Å². The van der Waals surface area contributed by atoms with Crippen LogP contribution in [0.25, 0.3) is 0 Å². The molecule has 0 aromatic heterocycles. The molecule has 1 amide bonds. The fraction of sp³-hybridized carbons (Fsp3) is 0.364. The van der Waals surface area contributed by atoms with Gasteiger partial charge >= 0.3 is 5.97 Å². The Morgan fingerprint density at radius 1 is 1.07 bits per heavy atom. The van der Waals surface area contributed by atoms with E-state index in [1.807, 2.05) is 54.6 Å². The molecule has 2 aliphatic carbocycles. The van der Waals surface area contributed by atoms with Gasteiger partial charge in [0.05, 0.1) is 11.8 Å². The normalized spacial score (nSPS) is 30.2. The first-order chi connectivity index (χ1) is 13.2. The summed E-state index contributed by atoms with van der Waals surface area (Å²) in [7, 11) is 0. The predicted molar refractivity (Wildman–Crippen MR) is 98.9 cm³/mol. The molecular weight excluding hydrogens is 342 g/mol. The molecule has 138 valence electrons. The van der Waals surface area contributed by atoms with Gasteiger partial charge in [0.1, 0.15) is 18.5 Å². The molecule has 5 nitrogen and oxygen atoms in total. The zero-order valence-corrected chi connectivity index (χ0v) is 14.8. The minimum atomic E-state index is -0.254. The van der Waals surface area contributed by atoms with Crippen LogP contribution in [0.15, 0.2) is 54.6 Å². The van der Waals surface area contributed by atoms with Crippen molar-refractivity contribution in [1.82, 2.24) is 0 Å². The Labute approximate surface area is 157 Å². The third-order valence-corrected chi connectivity index (χ3v) is 6.16. The Morgan fingerprint density at radius 3 is 2.63 bits per heavy atom. The van der Waals surface area contributed by atoms with Gasteiger partial charge in [-0.05, 0) is 48.6 Å². The van der Waals surface area contributed by atoms with Crippen molar-refractivity contribution in [2.75, 3.05) is 5.32 Å². The third-order valence-electron chi connectivity index (χ3n) is 6.16. The lowest BCUT2D eigenvalue weighted by Crippen LogP contribution is -2.35. The topological polar surface area (TPSA) is 64.6 Å². The maximum absolute atomic E-state index is 12.8. The molecule has 2 saturated carbocycles. The highest BCUT2D eigenvalue weighted by Crippen LogP contribution is 2.57. The highest BCUT2D eigenvalue weighted by Gasteiger charge is 2.63. The van der Waals surface area contributed by atoms with Crippen LogP contribution in [0.3, 0.4) is 0 Å². The van der Waals surface area contributed by atoms with Crippen molar-refractivity contribution in [3.8, 4) is 5.75 Å². The maximum atomic E-state index is 12.8. The number of hydrogen-bond donors (Lipinski definition) is 1. The van der Waals surface area contributed by atoms with Crippen molar-refractivity contribution >= 4 is 17.6 Å². The average molecular weight is 363 g/mol. The summed E-state index contributed by atoms with van der Waals surface area (Å²) < 4.78 is 11.2. The molecule has 0 radical (unpaired) electrons. The largest absolute Gasteiger partial charge is 0.489 e. The van der Waals surface area contributed by atoms with E-state index in [4.69, 9.17) is 9.47 Å². The molecule has 27 heavy (non-hydrogen) atoms. The SMILES string of the molecule is O=C(Nc1ccc(OCc2ccccc2)cc1)[C@@H]1[C@@H]2C[C@@H]3[C@H]1C(=O)O[C@@H]3C2. The van der Waals surface area contributed by atoms with E-state index in [1.54, 1.807) is 0 Å². The van der Waals surface area contributed by atoms with E-state index < -0.39 is 0 Å². The number of ether oxygens (including phenoxy) is 2. The van der Waals surface area contributed by atoms with Gasteiger partial charge in [0, 0.05) is 11.6 Å². The zero-order valence-electron chi connectivity index (χ0n) is 14.8. The van der Waals surface area contributed by atoms with Gasteiger partial charge in [0.15, 0.2) is 0 Å². The number of rotatable bonds is 5. The molecule has 1 saturated heterocycles. The van der Waals surface area contributed by atoms with Gasteiger partial charge in [0.2, 0.25) is 5.91 Å². The van der Waals surface area contributed by atoms with Gasteiger partial charge < -0.3 is 14.8 Å². The summed E-state index contributed by atoms with van der Waals surface area (Å²) in [5, 5.41) is 2.97. The van der Waals surface area contributed by atoms with Crippen LogP contribution in [0.4, 0.5) is 5.69 Å². The van der Waals surface area contributed by atoms with Crippen molar-refractivity contribution < 1.29 is 19.1 Å². The molecule has 5 rings (SSSR count). The van der Waals surface area contributed by atoms with Crippen molar-refractivity contribution in [3.63, 3.8) is 0 Å². The Kier molecular flexibility index (Phi) is 3.88. The molecule has 0 unspecified atom stereocenters. The van der Waals surface area contributed by atoms with Gasteiger partial charge in [-0.15, -0.1) is 0 Å². The minimum Gasteiger partial charge on any atom is -0.489 e. The van der Waals surface area contributed by atoms with E-state index in [-0.39, 0.29) is 41.7 Å². The fourth-order valence-electron chi connectivity index (χ4n) is 4.96. The Balaban J connectivity index is 1.21. The first kappa shape index (κ1) is 16.4. The van der Waals surface area contributed by atoms with E-state index >= 15 is 0 Å². The van der Waals surface area contributed by atoms with Crippen molar-refractivity contribution in [2.24, 2.45) is 23.7 Å². The van der Waals surface area contributed by atoms with Crippen LogP contribution in [0, 0.1) is 23.7 Å². The lowest BCUT2D eigenvalue weighted by Gasteiger charge is -2.23. The summed E-state index contributed by atoms with van der Waals surface area (Å²) in [5.41, 5.74) is 1.82. The second kappa shape index (κ2) is 6.41. The molecule has 5 heteroatoms. The molecule has 1 heterocycles. The molecule has 5 atom stereocenters. The summed E-state index contributed by atoms with van der Waals surface area (Å²) in [6.45, 7) is 0.503. The van der Waals surface area contributed by atoms with E-state index in [9.17, 15) is 9.59 Å². The number of carbonyl (C=O) groups is 2. The zero-order chi connectivity index (χ0) is 18.4. The summed E-state index contributed by atoms with van der Waals surface area (Å²) in [6.07, 6.45) is 1.82. The Morgan fingerprint density at radius 2 is 1.85 bits per heavy atom. The molecule has 0 spiro atoms. The van der Waals surface area contributed by atoms with E-state index in [1.165, 1.54) is 0 Å². The van der Waals surface area contributed by atoms with Gasteiger partial charge in [0.25, 0.3) is 0 Å². The van der Waals surface area contributed by atoms with Crippen LogP contribution in [0.5, 0.6) is 5.75 Å². The van der Waals surface area contributed by atoms with Crippen molar-refractivity contribution in [3.05, 3.63) is 60.2 Å². The maximum Gasteiger partial charge on any atom is 0.310 e. The number of carbonyl (C=O) groups excluding carboxylic acids is 2. The van der Waals surface area contributed by atoms with Crippen LogP contribution in [0.2, 0.25) is 0 Å². The number of hydrogen-bond acceptors (Lipinski definition) is 4. The smallest absolute Gasteiger partial charge is 0.310 e. The number of nitrogens with one attached hydrogen (secondary N) is 1. The monoisotopic (exact) mass is 363 g/mol. The van der Waals surface area contributed by atoms with Crippen molar-refractivity contribution in [2.45, 2.75) is 25.6 Å². The number of fused-ring (bicyclic) bond motifs is 1. The van der Waals surface area contributed by atoms with Gasteiger partial charge in [-0.3, -0.25) is 9.59 Å². The van der Waals surface area contributed by atoms with Crippen LogP contribution in [-0.2, 0) is 20.9 Å². The van der Waals surface area contributed by atoms with Crippen LogP contribution in [0.1, 0.15) is 18.4 Å². The second-order valence-electron chi connectivity index (χ2n) is 7.71. The minimum absolute atomic E-state index is 0.0533. The average Bonchev–Trinajstić information content (AvgIpc) is 3.31. The first-order valence-electron chi connectivity index (χ1n) is 9.47. The second-order valence-corrected chi connectivity index (χ2v) is 7.71. The van der Waals surface area contributed by atoms with Crippen LogP contribution in [-0.4, -0.2) is 18.0 Å². The molecule has 2 aromatic rings. The van der Waals surface area contributed by atoms with Gasteiger partial charge in [-0.2, -0.15) is 0 Å². The fourth-order valence-corrected chi connectivity index (χ4v) is 4.96. The molecular formula is C22H21NO4. The van der Waals surface area contributed by atoms with E-state index in [0.717, 1.165) is 29.8 Å². The Bertz CT molecular complexity index is 862. The molecule has 2 bridgehead atoms. The number of amides is 1. The summed E-state index contributed by atoms with van der Waals surface area (Å²) in [4.78, 5) is 24.9. The number of anilines is 1. The molecule has 3 aliphatic rings. The highest BCUT2D eigenvalue weighted by molar-refractivity contribution is 5.97. The van der Waals surface area contributed by atoms with Crippen LogP contribution >= 0.6 is 0 Å². The quantitative estimate of drug-likeness (QED) is 0.827. The predicted octanol–water partition coefficient (Wildman–Crippen LogP) is 3.40. The van der Waals surface area contributed by atoms with Gasteiger partial charge in [-0.1, -0.05) is 30.3 Å². The summed E-state index contributed by atoms with van der Waals surface area (Å²) in [5.74, 6) is 0.506. The van der Waals surface area contributed by atoms with Crippen molar-refractivity contribution in [1.29, 1.82) is 0 Å². The molecule has 1 aliphatic heterocycles. The lowest BCUT2D eigenvalue weighted by atomic mass is 9.79. The third kappa shape index (κ3) is 2.87. The Hall–Kier alpha value is -2.82. The summed E-state index contributed by atoms with van der Waals surface area (Å²) in [6, 6.07) is 17.3.